The second-order valence-electron chi connectivity index (χ2n) is 5.36. The van der Waals surface area contributed by atoms with E-state index in [4.69, 9.17) is 0 Å². The number of nitro groups is 1. The van der Waals surface area contributed by atoms with Gasteiger partial charge in [-0.3, -0.25) is 10.1 Å². The van der Waals surface area contributed by atoms with Crippen LogP contribution in [0.15, 0.2) is 72.1 Å². The van der Waals surface area contributed by atoms with E-state index >= 15 is 0 Å². The van der Waals surface area contributed by atoms with Crippen molar-refractivity contribution in [2.24, 2.45) is 5.92 Å². The van der Waals surface area contributed by atoms with Gasteiger partial charge in [0, 0.05) is 24.6 Å². The van der Waals surface area contributed by atoms with Crippen molar-refractivity contribution in [2.45, 2.75) is 11.0 Å². The molecule has 2 rings (SSSR count). The number of nitro benzene ring substituents is 1. The van der Waals surface area contributed by atoms with Gasteiger partial charge in [0.2, 0.25) is 10.0 Å². The predicted molar refractivity (Wildman–Crippen MR) is 93.4 cm³/mol. The van der Waals surface area contributed by atoms with Crippen molar-refractivity contribution in [3.63, 3.8) is 0 Å². The first-order valence-corrected chi connectivity index (χ1v) is 8.93. The highest BCUT2D eigenvalue weighted by molar-refractivity contribution is 7.89. The third kappa shape index (κ3) is 4.72. The highest BCUT2D eigenvalue weighted by Crippen LogP contribution is 2.23. The van der Waals surface area contributed by atoms with E-state index in [1.165, 1.54) is 6.08 Å². The van der Waals surface area contributed by atoms with Gasteiger partial charge in [0.25, 0.3) is 5.69 Å². The fourth-order valence-electron chi connectivity index (χ4n) is 2.26. The van der Waals surface area contributed by atoms with Gasteiger partial charge in [-0.1, -0.05) is 36.4 Å². The van der Waals surface area contributed by atoms with E-state index in [1.807, 2.05) is 6.07 Å². The van der Waals surface area contributed by atoms with Crippen molar-refractivity contribution < 1.29 is 18.4 Å². The minimum absolute atomic E-state index is 0.0567. The average Bonchev–Trinajstić information content (AvgIpc) is 2.62. The molecular weight excluding hydrogens is 344 g/mol. The summed E-state index contributed by atoms with van der Waals surface area (Å²) in [7, 11) is -3.86. The maximum absolute atomic E-state index is 12.3. The molecule has 0 aliphatic rings. The molecule has 2 aromatic carbocycles. The van der Waals surface area contributed by atoms with E-state index < -0.39 is 27.0 Å². The molecule has 8 heteroatoms. The Kier molecular flexibility index (Phi) is 6.02. The van der Waals surface area contributed by atoms with Crippen LogP contribution in [0.25, 0.3) is 0 Å². The first-order chi connectivity index (χ1) is 11.8. The lowest BCUT2D eigenvalue weighted by Crippen LogP contribution is -2.31. The summed E-state index contributed by atoms with van der Waals surface area (Å²) >= 11 is 0. The van der Waals surface area contributed by atoms with Crippen LogP contribution < -0.4 is 4.72 Å². The first-order valence-electron chi connectivity index (χ1n) is 7.45. The van der Waals surface area contributed by atoms with E-state index in [1.54, 1.807) is 24.3 Å². The average molecular weight is 362 g/mol. The number of hydrogen-bond acceptors (Lipinski definition) is 5. The molecule has 7 nitrogen and oxygen atoms in total. The molecule has 0 aliphatic carbocycles. The van der Waals surface area contributed by atoms with Gasteiger partial charge in [0.15, 0.2) is 0 Å². The van der Waals surface area contributed by atoms with E-state index in [0.29, 0.717) is 5.56 Å². The molecule has 0 bridgehead atoms. The minimum atomic E-state index is -3.86. The molecule has 25 heavy (non-hydrogen) atoms. The lowest BCUT2D eigenvalue weighted by atomic mass is 9.96. The van der Waals surface area contributed by atoms with Crippen LogP contribution in [0, 0.1) is 16.0 Å². The molecule has 0 spiro atoms. The Morgan fingerprint density at radius 1 is 1.16 bits per heavy atom. The summed E-state index contributed by atoms with van der Waals surface area (Å²) in [6.07, 6.45) is 0.578. The van der Waals surface area contributed by atoms with E-state index in [2.05, 4.69) is 11.3 Å². The lowest BCUT2D eigenvalue weighted by Gasteiger charge is -2.20. The lowest BCUT2D eigenvalue weighted by molar-refractivity contribution is -0.384. The van der Waals surface area contributed by atoms with Crippen molar-refractivity contribution in [3.8, 4) is 0 Å². The SMILES string of the molecule is C=C[C@@H](CNS(=O)(=O)c1ccc([N+](=O)[O-])cc1)[C@@H](O)c1ccccc1. The Labute approximate surface area is 145 Å². The monoisotopic (exact) mass is 362 g/mol. The molecule has 0 amide bonds. The minimum Gasteiger partial charge on any atom is -0.388 e. The standard InChI is InChI=1S/C17H18N2O5S/c1-2-13(17(20)14-6-4-3-5-7-14)12-18-25(23,24)16-10-8-15(9-11-16)19(21)22/h2-11,13,17-18,20H,1,12H2/t13-,17+/m0/s1. The Balaban J connectivity index is 2.09. The molecule has 0 radical (unpaired) electrons. The fraction of sp³-hybridized carbons (Fsp3) is 0.176. The van der Waals surface area contributed by atoms with Crippen LogP contribution in [0.1, 0.15) is 11.7 Å². The van der Waals surface area contributed by atoms with Gasteiger partial charge in [-0.15, -0.1) is 6.58 Å². The number of nitrogens with zero attached hydrogens (tertiary/aromatic N) is 1. The second kappa shape index (κ2) is 8.02. The molecular formula is C17H18N2O5S. The summed E-state index contributed by atoms with van der Waals surface area (Å²) in [6.45, 7) is 3.59. The number of rotatable bonds is 8. The summed E-state index contributed by atoms with van der Waals surface area (Å²) < 4.78 is 27.0. The van der Waals surface area contributed by atoms with Crippen molar-refractivity contribution in [1.82, 2.24) is 4.72 Å². The van der Waals surface area contributed by atoms with Crippen LogP contribution in [-0.4, -0.2) is 25.0 Å². The summed E-state index contributed by atoms with van der Waals surface area (Å²) in [6, 6.07) is 13.4. The molecule has 2 N–H and O–H groups in total. The third-order valence-electron chi connectivity index (χ3n) is 3.72. The van der Waals surface area contributed by atoms with Gasteiger partial charge >= 0.3 is 0 Å². The molecule has 2 aromatic rings. The second-order valence-corrected chi connectivity index (χ2v) is 7.12. The molecule has 132 valence electrons. The zero-order valence-corrected chi connectivity index (χ0v) is 14.1. The van der Waals surface area contributed by atoms with Gasteiger partial charge < -0.3 is 5.11 Å². The normalized spacial score (nSPS) is 13.8. The Morgan fingerprint density at radius 2 is 1.76 bits per heavy atom. The summed E-state index contributed by atoms with van der Waals surface area (Å²) in [5, 5.41) is 21.0. The van der Waals surface area contributed by atoms with Crippen LogP contribution >= 0.6 is 0 Å². The highest BCUT2D eigenvalue weighted by Gasteiger charge is 2.22. The Bertz CT molecular complexity index is 835. The van der Waals surface area contributed by atoms with Crippen LogP contribution in [0.2, 0.25) is 0 Å². The zero-order chi connectivity index (χ0) is 18.4. The van der Waals surface area contributed by atoms with Crippen molar-refractivity contribution >= 4 is 15.7 Å². The van der Waals surface area contributed by atoms with Crippen LogP contribution in [0.4, 0.5) is 5.69 Å². The van der Waals surface area contributed by atoms with Gasteiger partial charge in [-0.2, -0.15) is 0 Å². The molecule has 0 fully saturated rings. The summed E-state index contributed by atoms with van der Waals surface area (Å²) in [5.41, 5.74) is 0.462. The number of non-ortho nitro benzene ring substituents is 1. The number of nitrogens with one attached hydrogen (secondary N) is 1. The van der Waals surface area contributed by atoms with Gasteiger partial charge in [-0.05, 0) is 17.7 Å². The topological polar surface area (TPSA) is 110 Å². The van der Waals surface area contributed by atoms with Crippen molar-refractivity contribution in [1.29, 1.82) is 0 Å². The van der Waals surface area contributed by atoms with Crippen LogP contribution in [0.3, 0.4) is 0 Å². The van der Waals surface area contributed by atoms with Gasteiger partial charge in [-0.25, -0.2) is 13.1 Å². The highest BCUT2D eigenvalue weighted by atomic mass is 32.2. The zero-order valence-electron chi connectivity index (χ0n) is 13.3. The van der Waals surface area contributed by atoms with E-state index in [9.17, 15) is 23.6 Å². The molecule has 0 aromatic heterocycles. The third-order valence-corrected chi connectivity index (χ3v) is 5.16. The molecule has 2 atom stereocenters. The number of aliphatic hydroxyl groups is 1. The molecule has 0 aliphatic heterocycles. The van der Waals surface area contributed by atoms with Crippen molar-refractivity contribution in [3.05, 3.63) is 82.9 Å². The van der Waals surface area contributed by atoms with E-state index in [-0.39, 0.29) is 17.1 Å². The number of sulfonamides is 1. The van der Waals surface area contributed by atoms with Crippen LogP contribution in [0.5, 0.6) is 0 Å². The maximum Gasteiger partial charge on any atom is 0.269 e. The smallest absolute Gasteiger partial charge is 0.269 e. The van der Waals surface area contributed by atoms with Gasteiger partial charge in [0.1, 0.15) is 0 Å². The fourth-order valence-corrected chi connectivity index (χ4v) is 3.33. The molecule has 0 heterocycles. The van der Waals surface area contributed by atoms with E-state index in [0.717, 1.165) is 24.3 Å². The summed E-state index contributed by atoms with van der Waals surface area (Å²) in [5.74, 6) is -0.532. The quantitative estimate of drug-likeness (QED) is 0.426. The Morgan fingerprint density at radius 3 is 2.28 bits per heavy atom. The van der Waals surface area contributed by atoms with Crippen molar-refractivity contribution in [2.75, 3.05) is 6.54 Å². The molecule has 0 unspecified atom stereocenters. The maximum atomic E-state index is 12.3. The number of aliphatic hydroxyl groups excluding tert-OH is 1. The largest absolute Gasteiger partial charge is 0.388 e. The molecule has 0 saturated heterocycles. The predicted octanol–water partition coefficient (Wildman–Crippen LogP) is 2.41. The van der Waals surface area contributed by atoms with Gasteiger partial charge in [0.05, 0.1) is 15.9 Å². The number of benzene rings is 2. The summed E-state index contributed by atoms with van der Waals surface area (Å²) in [4.78, 5) is 9.94. The molecule has 0 saturated carbocycles. The first kappa shape index (κ1) is 18.8. The Hall–Kier alpha value is -2.55. The van der Waals surface area contributed by atoms with Crippen LogP contribution in [-0.2, 0) is 10.0 Å². The number of hydrogen-bond donors (Lipinski definition) is 2.